The number of quaternary nitrogens is 1. The molecule has 4 heteroatoms. The minimum absolute atomic E-state index is 0.271. The number of thiophene rings is 1. The molecular formula is C7H10NO2S+. The Labute approximate surface area is 68.8 Å². The molecule has 0 atom stereocenters. The summed E-state index contributed by atoms with van der Waals surface area (Å²) in [5.74, 6) is -0.271. The highest BCUT2D eigenvalue weighted by Gasteiger charge is 2.13. The number of hydrogen-bond acceptors (Lipinski definition) is 3. The molecular weight excluding hydrogens is 162 g/mol. The van der Waals surface area contributed by atoms with Gasteiger partial charge in [0.05, 0.1) is 6.61 Å². The Morgan fingerprint density at radius 3 is 3.00 bits per heavy atom. The quantitative estimate of drug-likeness (QED) is 0.671. The van der Waals surface area contributed by atoms with Gasteiger partial charge in [-0.1, -0.05) is 0 Å². The summed E-state index contributed by atoms with van der Waals surface area (Å²) in [6, 6.07) is 1.80. The first-order chi connectivity index (χ1) is 5.25. The molecule has 1 aromatic heterocycles. The number of hydrogen-bond donors (Lipinski definition) is 1. The Morgan fingerprint density at radius 1 is 1.82 bits per heavy atom. The summed E-state index contributed by atoms with van der Waals surface area (Å²) in [6.45, 7) is 2.20. The van der Waals surface area contributed by atoms with Crippen LogP contribution in [0.25, 0.3) is 0 Å². The van der Waals surface area contributed by atoms with Crippen LogP contribution in [0, 0.1) is 0 Å². The van der Waals surface area contributed by atoms with Crippen molar-refractivity contribution in [3.8, 4) is 0 Å². The molecule has 0 unspecified atom stereocenters. The highest BCUT2D eigenvalue weighted by Crippen LogP contribution is 2.17. The largest absolute Gasteiger partial charge is 0.462 e. The molecule has 11 heavy (non-hydrogen) atoms. The van der Waals surface area contributed by atoms with Crippen molar-refractivity contribution < 1.29 is 15.3 Å². The van der Waals surface area contributed by atoms with Gasteiger partial charge in [-0.2, -0.15) is 0 Å². The van der Waals surface area contributed by atoms with E-state index in [4.69, 9.17) is 4.74 Å². The van der Waals surface area contributed by atoms with Gasteiger partial charge in [0.2, 0.25) is 0 Å². The summed E-state index contributed by atoms with van der Waals surface area (Å²) in [5.41, 5.74) is 4.44. The predicted molar refractivity (Wildman–Crippen MR) is 42.8 cm³/mol. The molecule has 0 radical (unpaired) electrons. The third-order valence-corrected chi connectivity index (χ3v) is 2.14. The number of carbonyl (C=O) groups is 1. The van der Waals surface area contributed by atoms with Gasteiger partial charge in [0.15, 0.2) is 10.6 Å². The van der Waals surface area contributed by atoms with Crippen LogP contribution in [0.5, 0.6) is 0 Å². The van der Waals surface area contributed by atoms with Crippen LogP contribution in [0.15, 0.2) is 11.4 Å². The van der Waals surface area contributed by atoms with Gasteiger partial charge in [-0.05, 0) is 12.3 Å². The van der Waals surface area contributed by atoms with E-state index in [0.29, 0.717) is 11.5 Å². The maximum atomic E-state index is 11.1. The second-order valence-corrected chi connectivity index (χ2v) is 2.91. The van der Waals surface area contributed by atoms with Crippen molar-refractivity contribution >= 4 is 23.0 Å². The lowest BCUT2D eigenvalue weighted by Crippen LogP contribution is -2.41. The summed E-state index contributed by atoms with van der Waals surface area (Å²) in [7, 11) is 0. The van der Waals surface area contributed by atoms with Gasteiger partial charge >= 0.3 is 5.97 Å². The Hall–Kier alpha value is -0.870. The first kappa shape index (κ1) is 8.23. The van der Waals surface area contributed by atoms with Gasteiger partial charge in [0.25, 0.3) is 0 Å². The van der Waals surface area contributed by atoms with E-state index < -0.39 is 0 Å². The average molecular weight is 172 g/mol. The molecule has 1 rings (SSSR count). The van der Waals surface area contributed by atoms with Gasteiger partial charge < -0.3 is 10.5 Å². The van der Waals surface area contributed by atoms with Crippen LogP contribution in [-0.4, -0.2) is 12.6 Å². The molecule has 0 aliphatic rings. The lowest BCUT2D eigenvalue weighted by atomic mass is 10.4. The van der Waals surface area contributed by atoms with E-state index in [1.54, 1.807) is 13.0 Å². The zero-order valence-electron chi connectivity index (χ0n) is 6.29. The fourth-order valence-corrected chi connectivity index (χ4v) is 1.45. The SMILES string of the molecule is CCOC(=O)c1sccc1[NH3+]. The lowest BCUT2D eigenvalue weighted by Gasteiger charge is -1.96. The minimum Gasteiger partial charge on any atom is -0.462 e. The van der Waals surface area contributed by atoms with Crippen LogP contribution in [0.3, 0.4) is 0 Å². The Morgan fingerprint density at radius 2 is 2.55 bits per heavy atom. The molecule has 1 heterocycles. The van der Waals surface area contributed by atoms with Crippen molar-refractivity contribution in [3.63, 3.8) is 0 Å². The topological polar surface area (TPSA) is 53.9 Å². The first-order valence-electron chi connectivity index (χ1n) is 3.32. The highest BCUT2D eigenvalue weighted by molar-refractivity contribution is 7.12. The summed E-state index contributed by atoms with van der Waals surface area (Å²) < 4.78 is 4.80. The molecule has 3 nitrogen and oxygen atoms in total. The molecule has 0 aromatic carbocycles. The fourth-order valence-electron chi connectivity index (χ4n) is 0.711. The van der Waals surface area contributed by atoms with Gasteiger partial charge in [0, 0.05) is 6.07 Å². The van der Waals surface area contributed by atoms with E-state index in [1.807, 2.05) is 5.38 Å². The van der Waals surface area contributed by atoms with Crippen molar-refractivity contribution in [1.29, 1.82) is 0 Å². The van der Waals surface area contributed by atoms with Crippen molar-refractivity contribution in [2.24, 2.45) is 0 Å². The van der Waals surface area contributed by atoms with Crippen molar-refractivity contribution in [2.45, 2.75) is 6.92 Å². The molecule has 0 aliphatic carbocycles. The molecule has 0 amide bonds. The van der Waals surface area contributed by atoms with Gasteiger partial charge in [-0.15, -0.1) is 11.3 Å². The molecule has 60 valence electrons. The fraction of sp³-hybridized carbons (Fsp3) is 0.286. The molecule has 0 saturated heterocycles. The summed E-state index contributed by atoms with van der Waals surface area (Å²) in [5, 5.41) is 1.83. The first-order valence-corrected chi connectivity index (χ1v) is 4.20. The minimum atomic E-state index is -0.271. The number of ether oxygens (including phenoxy) is 1. The summed E-state index contributed by atoms with van der Waals surface area (Å²) in [6.07, 6.45) is 0. The van der Waals surface area contributed by atoms with E-state index in [2.05, 4.69) is 5.73 Å². The second-order valence-electron chi connectivity index (χ2n) is 2.00. The summed E-state index contributed by atoms with van der Waals surface area (Å²) >= 11 is 1.36. The molecule has 3 N–H and O–H groups in total. The Bertz CT molecular complexity index is 257. The average Bonchev–Trinajstić information content (AvgIpc) is 2.36. The monoisotopic (exact) mass is 172 g/mol. The maximum absolute atomic E-state index is 11.1. The molecule has 0 aliphatic heterocycles. The normalized spacial score (nSPS) is 9.64. The lowest BCUT2D eigenvalue weighted by molar-refractivity contribution is -0.254. The van der Waals surface area contributed by atoms with Crippen molar-refractivity contribution in [2.75, 3.05) is 6.61 Å². The van der Waals surface area contributed by atoms with Crippen LogP contribution in [-0.2, 0) is 4.74 Å². The van der Waals surface area contributed by atoms with E-state index in [1.165, 1.54) is 11.3 Å². The molecule has 0 saturated carbocycles. The second kappa shape index (κ2) is 3.50. The smallest absolute Gasteiger partial charge is 0.354 e. The maximum Gasteiger partial charge on any atom is 0.354 e. The zero-order chi connectivity index (χ0) is 8.27. The van der Waals surface area contributed by atoms with Crippen molar-refractivity contribution in [1.82, 2.24) is 0 Å². The standard InChI is InChI=1S/C7H9NO2S/c1-2-10-7(9)6-5(8)3-4-11-6/h3-4H,2,8H2,1H3/p+1. The number of rotatable bonds is 2. The van der Waals surface area contributed by atoms with Crippen LogP contribution >= 0.6 is 11.3 Å². The Kier molecular flexibility index (Phi) is 2.62. The van der Waals surface area contributed by atoms with Gasteiger partial charge in [0.1, 0.15) is 0 Å². The zero-order valence-corrected chi connectivity index (χ0v) is 7.11. The highest BCUT2D eigenvalue weighted by atomic mass is 32.1. The molecule has 0 spiro atoms. The van der Waals surface area contributed by atoms with E-state index in [9.17, 15) is 4.79 Å². The molecule has 1 aromatic rings. The van der Waals surface area contributed by atoms with E-state index in [0.717, 1.165) is 5.69 Å². The third kappa shape index (κ3) is 1.78. The van der Waals surface area contributed by atoms with E-state index in [-0.39, 0.29) is 5.97 Å². The van der Waals surface area contributed by atoms with Crippen LogP contribution < -0.4 is 5.73 Å². The predicted octanol–water partition coefficient (Wildman–Crippen LogP) is 0.798. The van der Waals surface area contributed by atoms with Crippen LogP contribution in [0.1, 0.15) is 16.6 Å². The van der Waals surface area contributed by atoms with Crippen LogP contribution in [0.4, 0.5) is 5.69 Å². The number of carbonyl (C=O) groups excluding carboxylic acids is 1. The van der Waals surface area contributed by atoms with Crippen LogP contribution in [0.2, 0.25) is 0 Å². The summed E-state index contributed by atoms with van der Waals surface area (Å²) in [4.78, 5) is 11.7. The van der Waals surface area contributed by atoms with Gasteiger partial charge in [-0.25, -0.2) is 4.79 Å². The Balaban J connectivity index is 2.76. The van der Waals surface area contributed by atoms with Crippen molar-refractivity contribution in [3.05, 3.63) is 16.3 Å². The molecule has 0 fully saturated rings. The molecule has 0 bridgehead atoms. The third-order valence-electron chi connectivity index (χ3n) is 1.21. The van der Waals surface area contributed by atoms with Gasteiger partial charge in [-0.3, -0.25) is 0 Å². The van der Waals surface area contributed by atoms with E-state index >= 15 is 0 Å². The number of esters is 1.